The Balaban J connectivity index is 0.00000104. The van der Waals surface area contributed by atoms with Gasteiger partial charge in [0.2, 0.25) is 0 Å². The van der Waals surface area contributed by atoms with E-state index in [1.54, 1.807) is 17.7 Å². The standard InChI is InChI=1S/C15H18N6S.2ClH/c1(6-21-7-5-17-10-21)3-18-14-13-11-2-4-16-8-12(11)22-15(13)20-9-19-14;;/h5,7,9-10,16H,1-4,6,8H2,(H,18,19,20);2*1H. The number of nitrogens with zero attached hydrogens (tertiary/aromatic N) is 4. The Morgan fingerprint density at radius 1 is 1.29 bits per heavy atom. The van der Waals surface area contributed by atoms with Gasteiger partial charge in [-0.2, -0.15) is 0 Å². The van der Waals surface area contributed by atoms with Crippen LogP contribution in [0.15, 0.2) is 25.0 Å². The molecule has 9 heteroatoms. The lowest BCUT2D eigenvalue weighted by Gasteiger charge is -2.13. The second kappa shape index (κ2) is 8.62. The van der Waals surface area contributed by atoms with E-state index in [4.69, 9.17) is 0 Å². The van der Waals surface area contributed by atoms with E-state index in [0.717, 1.165) is 49.7 Å². The van der Waals surface area contributed by atoms with Crippen molar-refractivity contribution in [2.45, 2.75) is 25.9 Å². The van der Waals surface area contributed by atoms with E-state index in [9.17, 15) is 0 Å². The predicted octanol–water partition coefficient (Wildman–Crippen LogP) is 2.88. The molecule has 0 saturated carbocycles. The molecule has 130 valence electrons. The minimum atomic E-state index is 0. The monoisotopic (exact) mass is 386 g/mol. The third kappa shape index (κ3) is 3.80. The number of halogens is 2. The maximum atomic E-state index is 4.47. The van der Waals surface area contributed by atoms with E-state index in [-0.39, 0.29) is 24.8 Å². The first-order valence-corrected chi connectivity index (χ1v) is 8.39. The van der Waals surface area contributed by atoms with Gasteiger partial charge in [-0.25, -0.2) is 15.0 Å². The van der Waals surface area contributed by atoms with Crippen LogP contribution in [-0.2, 0) is 19.5 Å². The fourth-order valence-corrected chi connectivity index (χ4v) is 4.04. The number of hydrogen-bond acceptors (Lipinski definition) is 6. The Bertz CT molecular complexity index is 774. The Kier molecular flexibility index (Phi) is 6.79. The van der Waals surface area contributed by atoms with Crippen LogP contribution in [0.25, 0.3) is 10.2 Å². The highest BCUT2D eigenvalue weighted by atomic mass is 35.5. The highest BCUT2D eigenvalue weighted by molar-refractivity contribution is 7.18. The molecule has 0 bridgehead atoms. The van der Waals surface area contributed by atoms with Crippen LogP contribution in [0, 0.1) is 0 Å². The molecule has 4 rings (SSSR count). The summed E-state index contributed by atoms with van der Waals surface area (Å²) in [7, 11) is 0. The average molecular weight is 387 g/mol. The summed E-state index contributed by atoms with van der Waals surface area (Å²) in [5.41, 5.74) is 1.43. The molecule has 0 atom stereocenters. The summed E-state index contributed by atoms with van der Waals surface area (Å²) in [6, 6.07) is 0. The van der Waals surface area contributed by atoms with Crippen molar-refractivity contribution in [2.75, 3.05) is 18.4 Å². The molecule has 0 amide bonds. The number of thiophene rings is 1. The third-order valence-electron chi connectivity index (χ3n) is 3.95. The number of hydrogen-bond donors (Lipinski definition) is 2. The van der Waals surface area contributed by atoms with Crippen molar-refractivity contribution < 1.29 is 0 Å². The lowest BCUT2D eigenvalue weighted by atomic mass is 10.1. The normalized spacial score (nSPS) is 13.0. The molecule has 3 aromatic heterocycles. The van der Waals surface area contributed by atoms with Gasteiger partial charge in [-0.1, -0.05) is 0 Å². The number of imidazole rings is 1. The summed E-state index contributed by atoms with van der Waals surface area (Å²) >= 11 is 1.79. The Hall–Kier alpha value is -1.41. The molecule has 0 saturated heterocycles. The van der Waals surface area contributed by atoms with Gasteiger partial charge in [0.15, 0.2) is 0 Å². The molecule has 0 unspecified atom stereocenters. The van der Waals surface area contributed by atoms with Gasteiger partial charge in [0.25, 0.3) is 0 Å². The first-order valence-electron chi connectivity index (χ1n) is 7.57. The SMILES string of the molecule is Cl.Cl.c1cn(CCCNc2ncnc3sc4c(c23)CCNC4)cn1. The van der Waals surface area contributed by atoms with Crippen LogP contribution in [0.2, 0.25) is 0 Å². The molecule has 0 fully saturated rings. The second-order valence-corrected chi connectivity index (χ2v) is 6.50. The predicted molar refractivity (Wildman–Crippen MR) is 103 cm³/mol. The summed E-state index contributed by atoms with van der Waals surface area (Å²) in [6.45, 7) is 3.85. The van der Waals surface area contributed by atoms with E-state index in [2.05, 4.69) is 30.2 Å². The van der Waals surface area contributed by atoms with Crippen molar-refractivity contribution in [1.29, 1.82) is 0 Å². The zero-order valence-corrected chi connectivity index (χ0v) is 15.5. The number of rotatable bonds is 5. The summed E-state index contributed by atoms with van der Waals surface area (Å²) < 4.78 is 2.09. The van der Waals surface area contributed by atoms with Gasteiger partial charge in [-0.05, 0) is 24.9 Å². The van der Waals surface area contributed by atoms with Gasteiger partial charge in [0, 0.05) is 36.9 Å². The van der Waals surface area contributed by atoms with Gasteiger partial charge < -0.3 is 15.2 Å². The zero-order valence-electron chi connectivity index (χ0n) is 13.1. The Morgan fingerprint density at radius 2 is 2.21 bits per heavy atom. The summed E-state index contributed by atoms with van der Waals surface area (Å²) in [5, 5.41) is 8.14. The Morgan fingerprint density at radius 3 is 3.04 bits per heavy atom. The minimum absolute atomic E-state index is 0. The number of aryl methyl sites for hydroxylation is 1. The van der Waals surface area contributed by atoms with E-state index in [1.165, 1.54) is 15.8 Å². The van der Waals surface area contributed by atoms with Gasteiger partial charge >= 0.3 is 0 Å². The van der Waals surface area contributed by atoms with Crippen LogP contribution in [0.5, 0.6) is 0 Å². The smallest absolute Gasteiger partial charge is 0.138 e. The number of nitrogens with one attached hydrogen (secondary N) is 2. The molecule has 1 aliphatic rings. The molecular weight excluding hydrogens is 367 g/mol. The van der Waals surface area contributed by atoms with Gasteiger partial charge in [-0.3, -0.25) is 0 Å². The lowest BCUT2D eigenvalue weighted by Crippen LogP contribution is -2.22. The fourth-order valence-electron chi connectivity index (χ4n) is 2.88. The van der Waals surface area contributed by atoms with E-state index >= 15 is 0 Å². The second-order valence-electron chi connectivity index (χ2n) is 5.41. The molecule has 3 aromatic rings. The van der Waals surface area contributed by atoms with E-state index < -0.39 is 0 Å². The van der Waals surface area contributed by atoms with Gasteiger partial charge in [0.05, 0.1) is 11.7 Å². The topological polar surface area (TPSA) is 67.7 Å². The maximum absolute atomic E-state index is 4.47. The Labute approximate surface area is 156 Å². The van der Waals surface area contributed by atoms with E-state index in [0.29, 0.717) is 0 Å². The highest BCUT2D eigenvalue weighted by Crippen LogP contribution is 2.35. The van der Waals surface area contributed by atoms with Crippen LogP contribution in [0.3, 0.4) is 0 Å². The average Bonchev–Trinajstić information content (AvgIpc) is 3.19. The summed E-state index contributed by atoms with van der Waals surface area (Å²) in [6.07, 6.45) is 9.42. The number of aromatic nitrogens is 4. The molecule has 1 aliphatic heterocycles. The zero-order chi connectivity index (χ0) is 14.8. The van der Waals surface area contributed by atoms with Crippen LogP contribution in [0.1, 0.15) is 16.9 Å². The molecule has 0 spiro atoms. The van der Waals surface area contributed by atoms with Crippen molar-refractivity contribution in [3.05, 3.63) is 35.5 Å². The molecule has 6 nitrogen and oxygen atoms in total. The fraction of sp³-hybridized carbons (Fsp3) is 0.400. The molecule has 0 aliphatic carbocycles. The quantitative estimate of drug-likeness (QED) is 0.659. The maximum Gasteiger partial charge on any atom is 0.138 e. The van der Waals surface area contributed by atoms with Crippen molar-refractivity contribution in [3.8, 4) is 0 Å². The summed E-state index contributed by atoms with van der Waals surface area (Å²) in [4.78, 5) is 15.5. The molecule has 24 heavy (non-hydrogen) atoms. The van der Waals surface area contributed by atoms with Crippen LogP contribution >= 0.6 is 36.2 Å². The first-order chi connectivity index (χ1) is 10.9. The van der Waals surface area contributed by atoms with Crippen LogP contribution in [-0.4, -0.2) is 32.6 Å². The molecule has 0 radical (unpaired) electrons. The molecule has 4 heterocycles. The van der Waals surface area contributed by atoms with Crippen molar-refractivity contribution in [1.82, 2.24) is 24.8 Å². The molecule has 0 aromatic carbocycles. The van der Waals surface area contributed by atoms with Crippen LogP contribution in [0.4, 0.5) is 5.82 Å². The van der Waals surface area contributed by atoms with E-state index in [1.807, 2.05) is 18.7 Å². The number of anilines is 1. The van der Waals surface area contributed by atoms with Gasteiger partial charge in [-0.15, -0.1) is 36.2 Å². The number of fused-ring (bicyclic) bond motifs is 3. The third-order valence-corrected chi connectivity index (χ3v) is 5.09. The molecule has 2 N–H and O–H groups in total. The lowest BCUT2D eigenvalue weighted by molar-refractivity contribution is 0.656. The highest BCUT2D eigenvalue weighted by Gasteiger charge is 2.19. The first kappa shape index (κ1) is 18.9. The summed E-state index contributed by atoms with van der Waals surface area (Å²) in [5.74, 6) is 0.982. The van der Waals surface area contributed by atoms with Crippen molar-refractivity contribution >= 4 is 52.2 Å². The van der Waals surface area contributed by atoms with Crippen molar-refractivity contribution in [2.24, 2.45) is 0 Å². The van der Waals surface area contributed by atoms with Gasteiger partial charge in [0.1, 0.15) is 17.0 Å². The molecular formula is C15H20Cl2N6S. The minimum Gasteiger partial charge on any atom is -0.369 e. The largest absolute Gasteiger partial charge is 0.369 e. The van der Waals surface area contributed by atoms with Crippen LogP contribution < -0.4 is 10.6 Å². The van der Waals surface area contributed by atoms with Crippen molar-refractivity contribution in [3.63, 3.8) is 0 Å².